The highest BCUT2D eigenvalue weighted by Gasteiger charge is 2.27. The smallest absolute Gasteiger partial charge is 0.245 e. The fraction of sp³-hybridized carbons (Fsp3) is 0.316. The third kappa shape index (κ3) is 6.16. The molecule has 1 N–H and O–H groups in total. The first-order chi connectivity index (χ1) is 14.6. The lowest BCUT2D eigenvalue weighted by Gasteiger charge is -2.26. The Balaban J connectivity index is 1.78. The Hall–Kier alpha value is -1.74. The topological polar surface area (TPSA) is 113 Å². The Morgan fingerprint density at radius 2 is 1.61 bits per heavy atom. The van der Waals surface area contributed by atoms with Crippen LogP contribution in [0.25, 0.3) is 0 Å². The number of ether oxygens (including phenoxy) is 1. The van der Waals surface area contributed by atoms with Gasteiger partial charge in [0.25, 0.3) is 0 Å². The summed E-state index contributed by atoms with van der Waals surface area (Å²) >= 11 is 2.14. The zero-order valence-electron chi connectivity index (χ0n) is 16.7. The van der Waals surface area contributed by atoms with E-state index in [-0.39, 0.29) is 23.7 Å². The molecule has 1 aliphatic rings. The number of rotatable bonds is 7. The largest absolute Gasteiger partial charge is 0.379 e. The summed E-state index contributed by atoms with van der Waals surface area (Å²) in [6, 6.07) is 12.5. The average molecular weight is 579 g/mol. The predicted molar refractivity (Wildman–Crippen MR) is 126 cm³/mol. The number of hydrogen-bond acceptors (Lipinski definition) is 6. The van der Waals surface area contributed by atoms with E-state index in [1.54, 1.807) is 12.1 Å². The van der Waals surface area contributed by atoms with Gasteiger partial charge in [-0.2, -0.15) is 4.31 Å². The predicted octanol–water partition coefficient (Wildman–Crippen LogP) is 1.72. The molecule has 0 spiro atoms. The number of sulfonamides is 2. The summed E-state index contributed by atoms with van der Waals surface area (Å²) in [7, 11) is -7.49. The van der Waals surface area contributed by atoms with Crippen LogP contribution in [0.2, 0.25) is 0 Å². The van der Waals surface area contributed by atoms with Crippen molar-refractivity contribution in [3.05, 3.63) is 52.1 Å². The first-order valence-electron chi connectivity index (χ1n) is 9.28. The van der Waals surface area contributed by atoms with E-state index in [2.05, 4.69) is 27.9 Å². The van der Waals surface area contributed by atoms with Crippen LogP contribution in [0.3, 0.4) is 0 Å². The molecule has 0 bridgehead atoms. The molecule has 0 aliphatic carbocycles. The molecule has 0 radical (unpaired) electrons. The quantitative estimate of drug-likeness (QED) is 0.500. The molecule has 0 saturated carbocycles. The Morgan fingerprint density at radius 3 is 2.16 bits per heavy atom. The van der Waals surface area contributed by atoms with Crippen molar-refractivity contribution >= 4 is 59.9 Å². The minimum atomic E-state index is -3.79. The normalized spacial score (nSPS) is 15.4. The molecule has 1 aliphatic heterocycles. The summed E-state index contributed by atoms with van der Waals surface area (Å²) < 4.78 is 58.5. The van der Waals surface area contributed by atoms with Crippen molar-refractivity contribution in [2.75, 3.05) is 48.7 Å². The van der Waals surface area contributed by atoms with Crippen LogP contribution in [0, 0.1) is 3.57 Å². The van der Waals surface area contributed by atoms with E-state index in [1.807, 2.05) is 12.1 Å². The number of benzene rings is 2. The summed E-state index contributed by atoms with van der Waals surface area (Å²) in [6.45, 7) is 0.737. The molecule has 0 unspecified atom stereocenters. The lowest BCUT2D eigenvalue weighted by Crippen LogP contribution is -2.40. The summed E-state index contributed by atoms with van der Waals surface area (Å²) in [5, 5.41) is 2.66. The van der Waals surface area contributed by atoms with Gasteiger partial charge in [0.2, 0.25) is 26.0 Å². The van der Waals surface area contributed by atoms with Crippen molar-refractivity contribution in [1.82, 2.24) is 4.31 Å². The fourth-order valence-corrected chi connectivity index (χ4v) is 5.61. The Kier molecular flexibility index (Phi) is 7.57. The fourth-order valence-electron chi connectivity index (χ4n) is 2.98. The Bertz CT molecular complexity index is 1130. The van der Waals surface area contributed by atoms with Gasteiger partial charge in [-0.3, -0.25) is 9.10 Å². The monoisotopic (exact) mass is 579 g/mol. The molecule has 2 aromatic carbocycles. The van der Waals surface area contributed by atoms with Gasteiger partial charge in [-0.1, -0.05) is 0 Å². The van der Waals surface area contributed by atoms with Gasteiger partial charge in [0, 0.05) is 22.3 Å². The van der Waals surface area contributed by atoms with Crippen LogP contribution >= 0.6 is 22.6 Å². The van der Waals surface area contributed by atoms with E-state index in [1.165, 1.54) is 28.6 Å². The van der Waals surface area contributed by atoms with E-state index in [4.69, 9.17) is 4.74 Å². The van der Waals surface area contributed by atoms with Crippen LogP contribution in [-0.2, 0) is 29.6 Å². The number of anilines is 2. The minimum Gasteiger partial charge on any atom is -0.379 e. The lowest BCUT2D eigenvalue weighted by molar-refractivity contribution is -0.114. The van der Waals surface area contributed by atoms with E-state index >= 15 is 0 Å². The number of hydrogen-bond donors (Lipinski definition) is 1. The summed E-state index contributed by atoms with van der Waals surface area (Å²) in [5.74, 6) is -0.517. The van der Waals surface area contributed by atoms with E-state index < -0.39 is 32.5 Å². The molecule has 31 heavy (non-hydrogen) atoms. The molecule has 168 valence electrons. The van der Waals surface area contributed by atoms with Crippen LogP contribution in [0.5, 0.6) is 0 Å². The van der Waals surface area contributed by atoms with Crippen molar-refractivity contribution in [3.8, 4) is 0 Å². The van der Waals surface area contributed by atoms with Crippen LogP contribution < -0.4 is 9.62 Å². The van der Waals surface area contributed by atoms with Crippen LogP contribution in [0.15, 0.2) is 53.4 Å². The van der Waals surface area contributed by atoms with Crippen molar-refractivity contribution in [1.29, 1.82) is 0 Å². The van der Waals surface area contributed by atoms with Gasteiger partial charge >= 0.3 is 0 Å². The maximum atomic E-state index is 12.7. The SMILES string of the molecule is CS(=O)(=O)N(CC(=O)Nc1ccc(I)cc1)c1ccc(S(=O)(=O)N2CCOCC2)cc1. The molecular weight excluding hydrogens is 557 g/mol. The molecule has 1 amide bonds. The molecule has 12 heteroatoms. The second-order valence-electron chi connectivity index (χ2n) is 6.84. The molecule has 1 saturated heterocycles. The van der Waals surface area contributed by atoms with E-state index in [0.29, 0.717) is 18.9 Å². The molecule has 0 aromatic heterocycles. The van der Waals surface area contributed by atoms with Crippen molar-refractivity contribution in [2.45, 2.75) is 4.90 Å². The van der Waals surface area contributed by atoms with Gasteiger partial charge in [-0.05, 0) is 71.1 Å². The second kappa shape index (κ2) is 9.81. The maximum Gasteiger partial charge on any atom is 0.245 e. The molecule has 2 aromatic rings. The number of nitrogens with one attached hydrogen (secondary N) is 1. The number of halogens is 1. The molecule has 3 rings (SSSR count). The number of amides is 1. The molecule has 1 heterocycles. The summed E-state index contributed by atoms with van der Waals surface area (Å²) in [4.78, 5) is 12.5. The number of morpholine rings is 1. The van der Waals surface area contributed by atoms with Crippen molar-refractivity contribution < 1.29 is 26.4 Å². The van der Waals surface area contributed by atoms with Gasteiger partial charge in [-0.25, -0.2) is 16.8 Å². The van der Waals surface area contributed by atoms with Gasteiger partial charge in [-0.15, -0.1) is 0 Å². The molecule has 0 atom stereocenters. The van der Waals surface area contributed by atoms with Crippen LogP contribution in [0.4, 0.5) is 11.4 Å². The minimum absolute atomic E-state index is 0.0509. The first kappa shape index (κ1) is 23.9. The summed E-state index contributed by atoms with van der Waals surface area (Å²) in [5.41, 5.74) is 0.743. The average Bonchev–Trinajstić information content (AvgIpc) is 2.74. The first-order valence-corrected chi connectivity index (χ1v) is 13.7. The highest BCUT2D eigenvalue weighted by atomic mass is 127. The van der Waals surface area contributed by atoms with Gasteiger partial charge < -0.3 is 10.1 Å². The van der Waals surface area contributed by atoms with Crippen molar-refractivity contribution in [2.24, 2.45) is 0 Å². The zero-order chi connectivity index (χ0) is 22.6. The zero-order valence-corrected chi connectivity index (χ0v) is 20.5. The number of nitrogens with zero attached hydrogens (tertiary/aromatic N) is 2. The van der Waals surface area contributed by atoms with E-state index in [0.717, 1.165) is 14.1 Å². The van der Waals surface area contributed by atoms with Gasteiger partial charge in [0.15, 0.2) is 0 Å². The highest BCUT2D eigenvalue weighted by molar-refractivity contribution is 14.1. The molecular formula is C19H22IN3O6S2. The Morgan fingerprint density at radius 1 is 1.03 bits per heavy atom. The van der Waals surface area contributed by atoms with Crippen molar-refractivity contribution in [3.63, 3.8) is 0 Å². The highest BCUT2D eigenvalue weighted by Crippen LogP contribution is 2.23. The van der Waals surface area contributed by atoms with Crippen LogP contribution in [-0.4, -0.2) is 66.2 Å². The molecule has 9 nitrogen and oxygen atoms in total. The van der Waals surface area contributed by atoms with Crippen LogP contribution in [0.1, 0.15) is 0 Å². The third-order valence-corrected chi connectivity index (χ3v) is 8.32. The number of carbonyl (C=O) groups is 1. The Labute approximate surface area is 195 Å². The maximum absolute atomic E-state index is 12.7. The molecule has 1 fully saturated rings. The van der Waals surface area contributed by atoms with Gasteiger partial charge in [0.05, 0.1) is 30.1 Å². The van der Waals surface area contributed by atoms with Gasteiger partial charge in [0.1, 0.15) is 6.54 Å². The van der Waals surface area contributed by atoms with E-state index in [9.17, 15) is 21.6 Å². The lowest BCUT2D eigenvalue weighted by atomic mass is 10.3. The summed E-state index contributed by atoms with van der Waals surface area (Å²) in [6.07, 6.45) is 0.990. The standard InChI is InChI=1S/C19H22IN3O6S2/c1-30(25,26)23(14-19(24)21-16-4-2-15(20)3-5-16)17-6-8-18(9-7-17)31(27,28)22-10-12-29-13-11-22/h2-9H,10-14H2,1H3,(H,21,24). The second-order valence-corrected chi connectivity index (χ2v) is 11.9. The number of carbonyl (C=O) groups excluding carboxylic acids is 1. The third-order valence-electron chi connectivity index (χ3n) is 4.55.